The molecule has 1 rings (SSSR count). The largest absolute Gasteiger partial charge is 0.323 e. The van der Waals surface area contributed by atoms with Crippen LogP contribution >= 0.6 is 12.6 Å². The average Bonchev–Trinajstić information content (AvgIpc) is 2.05. The summed E-state index contributed by atoms with van der Waals surface area (Å²) in [6, 6.07) is 9.37. The molecule has 3 heteroatoms. The molecule has 2 N–H and O–H groups in total. The summed E-state index contributed by atoms with van der Waals surface area (Å²) in [5, 5.41) is 8.43. The number of nitrogens with zero attached hydrogens (tertiary/aromatic N) is 1. The molecule has 0 fully saturated rings. The highest BCUT2D eigenvalue weighted by molar-refractivity contribution is 7.80. The van der Waals surface area contributed by atoms with Gasteiger partial charge in [-0.1, -0.05) is 18.2 Å². The Labute approximate surface area is 77.4 Å². The van der Waals surface area contributed by atoms with E-state index in [1.165, 1.54) is 0 Å². The highest BCUT2D eigenvalue weighted by Gasteiger charge is 2.06. The summed E-state index contributed by atoms with van der Waals surface area (Å²) in [6.07, 6.45) is 0.331. The van der Waals surface area contributed by atoms with E-state index in [4.69, 9.17) is 11.0 Å². The maximum Gasteiger partial charge on any atom is 0.0641 e. The van der Waals surface area contributed by atoms with Crippen LogP contribution in [0.5, 0.6) is 0 Å². The average molecular weight is 178 g/mol. The molecule has 0 saturated heterocycles. The molecule has 62 valence electrons. The van der Waals surface area contributed by atoms with Gasteiger partial charge in [-0.05, 0) is 11.6 Å². The zero-order valence-corrected chi connectivity index (χ0v) is 7.46. The van der Waals surface area contributed by atoms with Gasteiger partial charge in [-0.2, -0.15) is 5.26 Å². The summed E-state index contributed by atoms with van der Waals surface area (Å²) in [7, 11) is 0. The quantitative estimate of drug-likeness (QED) is 0.679. The second-order valence-corrected chi connectivity index (χ2v) is 3.01. The normalized spacial score (nSPS) is 12.1. The van der Waals surface area contributed by atoms with Crippen LogP contribution in [-0.4, -0.2) is 0 Å². The number of hydrogen-bond donors (Lipinski definition) is 2. The lowest BCUT2D eigenvalue weighted by molar-refractivity contribution is 0.733. The summed E-state index contributed by atoms with van der Waals surface area (Å²) in [4.78, 5) is 0.847. The van der Waals surface area contributed by atoms with E-state index < -0.39 is 0 Å². The van der Waals surface area contributed by atoms with Crippen LogP contribution in [0.3, 0.4) is 0 Å². The van der Waals surface area contributed by atoms with Gasteiger partial charge in [0.05, 0.1) is 12.5 Å². The molecule has 1 aromatic rings. The van der Waals surface area contributed by atoms with E-state index in [1.807, 2.05) is 30.3 Å². The molecule has 0 radical (unpaired) electrons. The van der Waals surface area contributed by atoms with Gasteiger partial charge in [0.25, 0.3) is 0 Å². The molecule has 0 heterocycles. The van der Waals surface area contributed by atoms with Crippen LogP contribution in [0, 0.1) is 11.3 Å². The van der Waals surface area contributed by atoms with Crippen LogP contribution in [0.25, 0.3) is 0 Å². The van der Waals surface area contributed by atoms with Gasteiger partial charge in [0.15, 0.2) is 0 Å². The molecule has 1 aromatic carbocycles. The van der Waals surface area contributed by atoms with E-state index in [9.17, 15) is 0 Å². The molecule has 0 aromatic heterocycles. The fraction of sp³-hybridized carbons (Fsp3) is 0.222. The third-order valence-corrected chi connectivity index (χ3v) is 2.05. The van der Waals surface area contributed by atoms with Gasteiger partial charge >= 0.3 is 0 Å². The first-order valence-electron chi connectivity index (χ1n) is 3.66. The van der Waals surface area contributed by atoms with Crippen molar-refractivity contribution in [3.63, 3.8) is 0 Å². The van der Waals surface area contributed by atoms with Crippen LogP contribution in [0.4, 0.5) is 0 Å². The molecule has 1 unspecified atom stereocenters. The lowest BCUT2D eigenvalue weighted by Gasteiger charge is -2.09. The molecule has 0 amide bonds. The van der Waals surface area contributed by atoms with Gasteiger partial charge in [-0.25, -0.2) is 0 Å². The Balaban J connectivity index is 2.88. The Kier molecular flexibility index (Phi) is 3.15. The summed E-state index contributed by atoms with van der Waals surface area (Å²) in [6.45, 7) is 0. The topological polar surface area (TPSA) is 49.8 Å². The zero-order chi connectivity index (χ0) is 8.97. The standard InChI is InChI=1S/C9H10N2S/c10-6-5-8(11)7-3-1-2-4-9(7)12/h1-4,8,12H,5,11H2. The number of nitriles is 1. The maximum atomic E-state index is 8.43. The Morgan fingerprint density at radius 2 is 2.17 bits per heavy atom. The van der Waals surface area contributed by atoms with E-state index in [1.54, 1.807) is 0 Å². The summed E-state index contributed by atoms with van der Waals surface area (Å²) in [5.74, 6) is 0. The molecule has 2 nitrogen and oxygen atoms in total. The lowest BCUT2D eigenvalue weighted by Crippen LogP contribution is -2.09. The van der Waals surface area contributed by atoms with Gasteiger partial charge in [0.1, 0.15) is 0 Å². The van der Waals surface area contributed by atoms with Crippen molar-refractivity contribution in [2.75, 3.05) is 0 Å². The van der Waals surface area contributed by atoms with Crippen molar-refractivity contribution in [3.8, 4) is 6.07 Å². The molecular formula is C9H10N2S. The van der Waals surface area contributed by atoms with E-state index in [0.29, 0.717) is 6.42 Å². The zero-order valence-electron chi connectivity index (χ0n) is 6.57. The van der Waals surface area contributed by atoms with Crippen molar-refractivity contribution < 1.29 is 0 Å². The van der Waals surface area contributed by atoms with E-state index >= 15 is 0 Å². The number of benzene rings is 1. The SMILES string of the molecule is N#CCC(N)c1ccccc1S. The van der Waals surface area contributed by atoms with Gasteiger partial charge < -0.3 is 5.73 Å². The first kappa shape index (κ1) is 9.11. The molecular weight excluding hydrogens is 168 g/mol. The van der Waals surface area contributed by atoms with Crippen molar-refractivity contribution in [1.29, 1.82) is 5.26 Å². The highest BCUT2D eigenvalue weighted by atomic mass is 32.1. The minimum Gasteiger partial charge on any atom is -0.323 e. The first-order chi connectivity index (χ1) is 5.75. The van der Waals surface area contributed by atoms with Crippen LogP contribution < -0.4 is 5.73 Å². The van der Waals surface area contributed by atoms with Crippen LogP contribution in [0.1, 0.15) is 18.0 Å². The molecule has 0 aliphatic heterocycles. The molecule has 12 heavy (non-hydrogen) atoms. The van der Waals surface area contributed by atoms with Crippen LogP contribution in [0.15, 0.2) is 29.2 Å². The van der Waals surface area contributed by atoms with Crippen molar-refractivity contribution >= 4 is 12.6 Å². The van der Waals surface area contributed by atoms with Gasteiger partial charge in [-0.15, -0.1) is 12.6 Å². The smallest absolute Gasteiger partial charge is 0.0641 e. The summed E-state index contributed by atoms with van der Waals surface area (Å²) in [5.41, 5.74) is 6.67. The second kappa shape index (κ2) is 4.15. The van der Waals surface area contributed by atoms with Crippen molar-refractivity contribution in [2.45, 2.75) is 17.4 Å². The molecule has 1 atom stereocenters. The molecule has 0 spiro atoms. The van der Waals surface area contributed by atoms with Crippen molar-refractivity contribution in [1.82, 2.24) is 0 Å². The van der Waals surface area contributed by atoms with E-state index in [-0.39, 0.29) is 6.04 Å². The second-order valence-electron chi connectivity index (χ2n) is 2.53. The molecule has 0 aliphatic rings. The van der Waals surface area contributed by atoms with E-state index in [0.717, 1.165) is 10.5 Å². The third kappa shape index (κ3) is 2.00. The maximum absolute atomic E-state index is 8.43. The highest BCUT2D eigenvalue weighted by Crippen LogP contribution is 2.20. The minimum atomic E-state index is -0.219. The van der Waals surface area contributed by atoms with Gasteiger partial charge in [-0.3, -0.25) is 0 Å². The first-order valence-corrected chi connectivity index (χ1v) is 4.11. The van der Waals surface area contributed by atoms with Crippen molar-refractivity contribution in [2.24, 2.45) is 5.73 Å². The number of rotatable bonds is 2. The van der Waals surface area contributed by atoms with E-state index in [2.05, 4.69) is 12.6 Å². The minimum absolute atomic E-state index is 0.219. The number of thiol groups is 1. The third-order valence-electron chi connectivity index (χ3n) is 1.65. The van der Waals surface area contributed by atoms with Crippen molar-refractivity contribution in [3.05, 3.63) is 29.8 Å². The fourth-order valence-corrected chi connectivity index (χ4v) is 1.34. The van der Waals surface area contributed by atoms with Gasteiger partial charge in [0.2, 0.25) is 0 Å². The molecule has 0 bridgehead atoms. The number of nitrogens with two attached hydrogens (primary N) is 1. The summed E-state index contributed by atoms with van der Waals surface area (Å²) >= 11 is 4.24. The fourth-order valence-electron chi connectivity index (χ4n) is 1.01. The Hall–Kier alpha value is -0.980. The predicted molar refractivity (Wildman–Crippen MR) is 50.9 cm³/mol. The Bertz CT molecular complexity index is 304. The van der Waals surface area contributed by atoms with Crippen LogP contribution in [-0.2, 0) is 0 Å². The Morgan fingerprint density at radius 1 is 1.50 bits per heavy atom. The molecule has 0 aliphatic carbocycles. The van der Waals surface area contributed by atoms with Crippen LogP contribution in [0.2, 0.25) is 0 Å². The predicted octanol–water partition coefficient (Wildman–Crippen LogP) is 1.89. The number of hydrogen-bond acceptors (Lipinski definition) is 3. The monoisotopic (exact) mass is 178 g/mol. The summed E-state index contributed by atoms with van der Waals surface area (Å²) < 4.78 is 0. The van der Waals surface area contributed by atoms with Gasteiger partial charge in [0, 0.05) is 10.9 Å². The Morgan fingerprint density at radius 3 is 2.75 bits per heavy atom. The lowest BCUT2D eigenvalue weighted by atomic mass is 10.1. The molecule has 0 saturated carbocycles.